The lowest BCUT2D eigenvalue weighted by Gasteiger charge is -2.22. The van der Waals surface area contributed by atoms with Crippen LogP contribution in [0.2, 0.25) is 0 Å². The first-order chi connectivity index (χ1) is 14.1. The first-order valence-electron chi connectivity index (χ1n) is 9.47. The van der Waals surface area contributed by atoms with E-state index in [0.717, 1.165) is 29.2 Å². The van der Waals surface area contributed by atoms with Crippen LogP contribution in [-0.2, 0) is 6.42 Å². The van der Waals surface area contributed by atoms with E-state index < -0.39 is 0 Å². The number of anilines is 3. The van der Waals surface area contributed by atoms with Gasteiger partial charge in [0.25, 0.3) is 5.91 Å². The molecule has 6 nitrogen and oxygen atoms in total. The summed E-state index contributed by atoms with van der Waals surface area (Å²) in [6.07, 6.45) is 2.51. The summed E-state index contributed by atoms with van der Waals surface area (Å²) in [5.74, 6) is 1.32. The fourth-order valence-corrected chi connectivity index (χ4v) is 3.66. The number of para-hydroxylation sites is 1. The monoisotopic (exact) mass is 389 g/mol. The van der Waals surface area contributed by atoms with Gasteiger partial charge >= 0.3 is 0 Å². The Morgan fingerprint density at radius 3 is 2.66 bits per heavy atom. The van der Waals surface area contributed by atoms with E-state index in [9.17, 15) is 4.79 Å². The number of nitrogens with zero attached hydrogens (tertiary/aromatic N) is 2. The highest BCUT2D eigenvalue weighted by atomic mass is 16.5. The van der Waals surface area contributed by atoms with Gasteiger partial charge in [-0.1, -0.05) is 18.2 Å². The van der Waals surface area contributed by atoms with E-state index in [1.54, 1.807) is 26.5 Å². The number of hydrogen-bond acceptors (Lipinski definition) is 5. The maximum atomic E-state index is 13.1. The molecule has 1 aliphatic rings. The molecule has 29 heavy (non-hydrogen) atoms. The van der Waals surface area contributed by atoms with Gasteiger partial charge in [-0.2, -0.15) is 0 Å². The predicted octanol–water partition coefficient (Wildman–Crippen LogP) is 4.43. The molecule has 6 heteroatoms. The number of amides is 1. The van der Waals surface area contributed by atoms with E-state index in [1.807, 2.05) is 47.4 Å². The van der Waals surface area contributed by atoms with Crippen molar-refractivity contribution in [3.63, 3.8) is 0 Å². The Kier molecular flexibility index (Phi) is 5.08. The summed E-state index contributed by atoms with van der Waals surface area (Å²) < 4.78 is 10.7. The molecule has 3 aromatic rings. The molecule has 0 saturated carbocycles. The molecule has 0 radical (unpaired) electrons. The SMILES string of the molecule is COc1ccc(OC)c(Nc2ccc(C(=O)N3c4ccccc4CC3C)nc2)c1. The molecule has 0 bridgehead atoms. The Morgan fingerprint density at radius 1 is 1.10 bits per heavy atom. The fraction of sp³-hybridized carbons (Fsp3) is 0.217. The molecule has 0 aliphatic carbocycles. The smallest absolute Gasteiger partial charge is 0.277 e. The third-order valence-corrected chi connectivity index (χ3v) is 5.09. The molecule has 2 heterocycles. The van der Waals surface area contributed by atoms with Crippen LogP contribution < -0.4 is 19.7 Å². The number of rotatable bonds is 5. The number of carbonyl (C=O) groups excluding carboxylic acids is 1. The lowest BCUT2D eigenvalue weighted by molar-refractivity contribution is 0.0976. The Bertz CT molecular complexity index is 1030. The second kappa shape index (κ2) is 7.83. The standard InChI is InChI=1S/C23H23N3O3/c1-15-12-16-6-4-5-7-21(16)26(15)23(27)19-10-8-17(14-24-19)25-20-13-18(28-2)9-11-22(20)29-3/h4-11,13-15,25H,12H2,1-3H3. The number of aromatic nitrogens is 1. The Morgan fingerprint density at radius 2 is 1.93 bits per heavy atom. The third kappa shape index (κ3) is 3.61. The van der Waals surface area contributed by atoms with E-state index in [0.29, 0.717) is 11.4 Å². The number of ether oxygens (including phenoxy) is 2. The van der Waals surface area contributed by atoms with Crippen LogP contribution in [0, 0.1) is 0 Å². The van der Waals surface area contributed by atoms with Crippen LogP contribution >= 0.6 is 0 Å². The molecule has 1 atom stereocenters. The van der Waals surface area contributed by atoms with Crippen molar-refractivity contribution < 1.29 is 14.3 Å². The van der Waals surface area contributed by atoms with Crippen molar-refractivity contribution in [3.05, 3.63) is 72.1 Å². The predicted molar refractivity (Wildman–Crippen MR) is 113 cm³/mol. The minimum Gasteiger partial charge on any atom is -0.497 e. The van der Waals surface area contributed by atoms with Gasteiger partial charge in [-0.25, -0.2) is 4.98 Å². The largest absolute Gasteiger partial charge is 0.497 e. The van der Waals surface area contributed by atoms with Crippen LogP contribution in [0.15, 0.2) is 60.8 Å². The van der Waals surface area contributed by atoms with E-state index in [-0.39, 0.29) is 11.9 Å². The van der Waals surface area contributed by atoms with Crippen LogP contribution in [0.3, 0.4) is 0 Å². The van der Waals surface area contributed by atoms with Crippen molar-refractivity contribution in [1.29, 1.82) is 0 Å². The molecule has 148 valence electrons. The van der Waals surface area contributed by atoms with Gasteiger partial charge in [-0.15, -0.1) is 0 Å². The minimum atomic E-state index is -0.0899. The molecule has 1 aromatic heterocycles. The highest BCUT2D eigenvalue weighted by molar-refractivity contribution is 6.06. The summed E-state index contributed by atoms with van der Waals surface area (Å²) >= 11 is 0. The lowest BCUT2D eigenvalue weighted by Crippen LogP contribution is -2.36. The highest BCUT2D eigenvalue weighted by Crippen LogP contribution is 2.34. The van der Waals surface area contributed by atoms with Crippen LogP contribution in [0.1, 0.15) is 23.0 Å². The number of benzene rings is 2. The summed E-state index contributed by atoms with van der Waals surface area (Å²) in [7, 11) is 3.23. The van der Waals surface area contributed by atoms with Crippen LogP contribution in [0.5, 0.6) is 11.5 Å². The molecule has 0 spiro atoms. The Balaban J connectivity index is 1.55. The summed E-state index contributed by atoms with van der Waals surface area (Å²) in [4.78, 5) is 19.3. The third-order valence-electron chi connectivity index (χ3n) is 5.09. The minimum absolute atomic E-state index is 0.0899. The van der Waals surface area contributed by atoms with Crippen molar-refractivity contribution in [3.8, 4) is 11.5 Å². The molecular formula is C23H23N3O3. The van der Waals surface area contributed by atoms with Crippen LogP contribution in [-0.4, -0.2) is 31.2 Å². The average molecular weight is 389 g/mol. The van der Waals surface area contributed by atoms with Gasteiger partial charge < -0.3 is 19.7 Å². The number of fused-ring (bicyclic) bond motifs is 1. The first-order valence-corrected chi connectivity index (χ1v) is 9.47. The van der Waals surface area contributed by atoms with E-state index in [1.165, 1.54) is 5.56 Å². The number of pyridine rings is 1. The van der Waals surface area contributed by atoms with Gasteiger partial charge in [0.2, 0.25) is 0 Å². The van der Waals surface area contributed by atoms with Crippen molar-refractivity contribution in [2.24, 2.45) is 0 Å². The van der Waals surface area contributed by atoms with Crippen molar-refractivity contribution in [2.45, 2.75) is 19.4 Å². The van der Waals surface area contributed by atoms with Crippen molar-refractivity contribution >= 4 is 23.0 Å². The summed E-state index contributed by atoms with van der Waals surface area (Å²) in [5, 5.41) is 3.27. The summed E-state index contributed by atoms with van der Waals surface area (Å²) in [6, 6.07) is 17.2. The van der Waals surface area contributed by atoms with Crippen LogP contribution in [0.25, 0.3) is 0 Å². The van der Waals surface area contributed by atoms with E-state index >= 15 is 0 Å². The summed E-state index contributed by atoms with van der Waals surface area (Å²) in [5.41, 5.74) is 4.08. The highest BCUT2D eigenvalue weighted by Gasteiger charge is 2.31. The molecule has 1 N–H and O–H groups in total. The molecule has 0 fully saturated rings. The van der Waals surface area contributed by atoms with Gasteiger partial charge in [0.15, 0.2) is 0 Å². The van der Waals surface area contributed by atoms with Gasteiger partial charge in [0, 0.05) is 17.8 Å². The van der Waals surface area contributed by atoms with Crippen molar-refractivity contribution in [2.75, 3.05) is 24.4 Å². The van der Waals surface area contributed by atoms with Crippen LogP contribution in [0.4, 0.5) is 17.1 Å². The lowest BCUT2D eigenvalue weighted by atomic mass is 10.1. The molecule has 1 unspecified atom stereocenters. The molecular weight excluding hydrogens is 366 g/mol. The van der Waals surface area contributed by atoms with E-state index in [4.69, 9.17) is 9.47 Å². The Hall–Kier alpha value is -3.54. The second-order valence-electron chi connectivity index (χ2n) is 6.98. The number of methoxy groups -OCH3 is 2. The zero-order chi connectivity index (χ0) is 20.4. The quantitative estimate of drug-likeness (QED) is 0.699. The van der Waals surface area contributed by atoms with Gasteiger partial charge in [-0.05, 0) is 49.2 Å². The molecule has 2 aromatic carbocycles. The average Bonchev–Trinajstić information content (AvgIpc) is 3.09. The molecule has 1 amide bonds. The Labute approximate surface area is 170 Å². The fourth-order valence-electron chi connectivity index (χ4n) is 3.66. The van der Waals surface area contributed by atoms with Gasteiger partial charge in [0.1, 0.15) is 17.2 Å². The normalized spacial score (nSPS) is 15.0. The van der Waals surface area contributed by atoms with Gasteiger partial charge in [0.05, 0.1) is 31.8 Å². The van der Waals surface area contributed by atoms with Crippen molar-refractivity contribution in [1.82, 2.24) is 4.98 Å². The van der Waals surface area contributed by atoms with E-state index in [2.05, 4.69) is 23.3 Å². The topological polar surface area (TPSA) is 63.7 Å². The first kappa shape index (κ1) is 18.8. The number of carbonyl (C=O) groups is 1. The maximum absolute atomic E-state index is 13.1. The zero-order valence-electron chi connectivity index (χ0n) is 16.7. The second-order valence-corrected chi connectivity index (χ2v) is 6.98. The number of nitrogens with one attached hydrogen (secondary N) is 1. The molecule has 1 aliphatic heterocycles. The molecule has 0 saturated heterocycles. The van der Waals surface area contributed by atoms with Gasteiger partial charge in [-0.3, -0.25) is 4.79 Å². The zero-order valence-corrected chi connectivity index (χ0v) is 16.7. The molecule has 4 rings (SSSR count). The number of hydrogen-bond donors (Lipinski definition) is 1. The maximum Gasteiger partial charge on any atom is 0.277 e. The summed E-state index contributed by atoms with van der Waals surface area (Å²) in [6.45, 7) is 2.06.